The van der Waals surface area contributed by atoms with Crippen molar-refractivity contribution in [2.24, 2.45) is 5.92 Å². The van der Waals surface area contributed by atoms with E-state index in [0.717, 1.165) is 14.8 Å². The van der Waals surface area contributed by atoms with E-state index in [-0.39, 0.29) is 16.7 Å². The molecule has 1 aromatic heterocycles. The van der Waals surface area contributed by atoms with Crippen LogP contribution in [0.25, 0.3) is 0 Å². The lowest BCUT2D eigenvalue weighted by molar-refractivity contribution is -0.120. The average molecular weight is 485 g/mol. The van der Waals surface area contributed by atoms with E-state index < -0.39 is 10.0 Å². The third-order valence-electron chi connectivity index (χ3n) is 4.54. The number of carbonyl (C=O) groups excluding carboxylic acids is 1. The van der Waals surface area contributed by atoms with Crippen molar-refractivity contribution in [2.75, 3.05) is 18.4 Å². The van der Waals surface area contributed by atoms with Gasteiger partial charge >= 0.3 is 0 Å². The maximum Gasteiger partial charge on any atom is 0.244 e. The number of nitrogens with one attached hydrogen (secondary N) is 1. The second-order valence-corrected chi connectivity index (χ2v) is 9.42. The SMILES string of the molecule is Cc1ccc(NC(=O)C2CCN(S(=O)(=O)c3cccnc3)CC2)cc1I. The lowest BCUT2D eigenvalue weighted by atomic mass is 9.97. The molecule has 2 heterocycles. The first kappa shape index (κ1) is 19.2. The van der Waals surface area contributed by atoms with Crippen LogP contribution in [0.2, 0.25) is 0 Å². The fourth-order valence-corrected chi connectivity index (χ4v) is 4.87. The van der Waals surface area contributed by atoms with E-state index in [9.17, 15) is 13.2 Å². The minimum absolute atomic E-state index is 0.0527. The van der Waals surface area contributed by atoms with Gasteiger partial charge in [-0.25, -0.2) is 8.42 Å². The number of piperidine rings is 1. The van der Waals surface area contributed by atoms with Gasteiger partial charge in [0.25, 0.3) is 0 Å². The molecule has 0 bridgehead atoms. The summed E-state index contributed by atoms with van der Waals surface area (Å²) in [6.07, 6.45) is 3.91. The highest BCUT2D eigenvalue weighted by Crippen LogP contribution is 2.25. The summed E-state index contributed by atoms with van der Waals surface area (Å²) in [6, 6.07) is 8.95. The number of nitrogens with zero attached hydrogens (tertiary/aromatic N) is 2. The van der Waals surface area contributed by atoms with Crippen LogP contribution in [0.3, 0.4) is 0 Å². The molecule has 1 fully saturated rings. The molecular formula is C18H20IN3O3S. The minimum atomic E-state index is -3.54. The summed E-state index contributed by atoms with van der Waals surface area (Å²) in [4.78, 5) is 16.6. The first-order valence-corrected chi connectivity index (χ1v) is 10.9. The largest absolute Gasteiger partial charge is 0.326 e. The standard InChI is InChI=1S/C18H20IN3O3S/c1-13-4-5-15(11-17(13)19)21-18(23)14-6-9-22(10-7-14)26(24,25)16-3-2-8-20-12-16/h2-5,8,11-12,14H,6-7,9-10H2,1H3,(H,21,23). The molecular weight excluding hydrogens is 465 g/mol. The molecule has 1 saturated heterocycles. The fraction of sp³-hybridized carbons (Fsp3) is 0.333. The summed E-state index contributed by atoms with van der Waals surface area (Å²) >= 11 is 2.24. The second-order valence-electron chi connectivity index (χ2n) is 6.32. The van der Waals surface area contributed by atoms with Gasteiger partial charge in [0.15, 0.2) is 0 Å². The van der Waals surface area contributed by atoms with Crippen LogP contribution in [0, 0.1) is 16.4 Å². The second kappa shape index (κ2) is 8.01. The average Bonchev–Trinajstić information content (AvgIpc) is 2.65. The van der Waals surface area contributed by atoms with Gasteiger partial charge in [-0.3, -0.25) is 9.78 Å². The van der Waals surface area contributed by atoms with Crippen LogP contribution in [-0.2, 0) is 14.8 Å². The molecule has 3 rings (SSSR count). The Hall–Kier alpha value is -1.52. The lowest BCUT2D eigenvalue weighted by Crippen LogP contribution is -2.41. The number of aromatic nitrogens is 1. The number of aryl methyl sites for hydroxylation is 1. The lowest BCUT2D eigenvalue weighted by Gasteiger charge is -2.30. The molecule has 1 aliphatic heterocycles. The van der Waals surface area contributed by atoms with Crippen molar-refractivity contribution in [2.45, 2.75) is 24.7 Å². The highest BCUT2D eigenvalue weighted by molar-refractivity contribution is 14.1. The van der Waals surface area contributed by atoms with Crippen LogP contribution in [0.5, 0.6) is 0 Å². The van der Waals surface area contributed by atoms with Crippen molar-refractivity contribution < 1.29 is 13.2 Å². The van der Waals surface area contributed by atoms with E-state index in [4.69, 9.17) is 0 Å². The van der Waals surface area contributed by atoms with E-state index in [1.165, 1.54) is 10.5 Å². The predicted octanol–water partition coefficient (Wildman–Crippen LogP) is 3.03. The number of anilines is 1. The molecule has 6 nitrogen and oxygen atoms in total. The monoisotopic (exact) mass is 485 g/mol. The number of sulfonamides is 1. The molecule has 8 heteroatoms. The van der Waals surface area contributed by atoms with Crippen LogP contribution in [-0.4, -0.2) is 36.7 Å². The van der Waals surface area contributed by atoms with Crippen LogP contribution < -0.4 is 5.32 Å². The highest BCUT2D eigenvalue weighted by atomic mass is 127. The molecule has 1 aromatic carbocycles. The van der Waals surface area contributed by atoms with Gasteiger partial charge in [0.1, 0.15) is 4.90 Å². The quantitative estimate of drug-likeness (QED) is 0.676. The van der Waals surface area contributed by atoms with Gasteiger partial charge in [-0.15, -0.1) is 0 Å². The maximum atomic E-state index is 12.6. The molecule has 1 amide bonds. The number of hydrogen-bond acceptors (Lipinski definition) is 4. The van der Waals surface area contributed by atoms with Crippen LogP contribution in [0.15, 0.2) is 47.6 Å². The summed E-state index contributed by atoms with van der Waals surface area (Å²) in [6.45, 7) is 2.69. The minimum Gasteiger partial charge on any atom is -0.326 e. The highest BCUT2D eigenvalue weighted by Gasteiger charge is 2.32. The molecule has 0 saturated carbocycles. The van der Waals surface area contributed by atoms with Gasteiger partial charge in [0.2, 0.25) is 15.9 Å². The molecule has 0 atom stereocenters. The molecule has 0 spiro atoms. The van der Waals surface area contributed by atoms with E-state index in [0.29, 0.717) is 25.9 Å². The van der Waals surface area contributed by atoms with E-state index in [2.05, 4.69) is 32.9 Å². The third-order valence-corrected chi connectivity index (χ3v) is 7.58. The Balaban J connectivity index is 1.61. The Bertz CT molecular complexity index is 895. The molecule has 2 aromatic rings. The van der Waals surface area contributed by atoms with Crippen molar-refractivity contribution >= 4 is 44.2 Å². The van der Waals surface area contributed by atoms with Gasteiger partial charge < -0.3 is 5.32 Å². The smallest absolute Gasteiger partial charge is 0.244 e. The number of hydrogen-bond donors (Lipinski definition) is 1. The Kier molecular flexibility index (Phi) is 5.93. The Morgan fingerprint density at radius 2 is 2.00 bits per heavy atom. The number of amides is 1. The molecule has 1 aliphatic rings. The summed E-state index contributed by atoms with van der Waals surface area (Å²) in [5.74, 6) is -0.239. The number of pyridine rings is 1. The molecule has 138 valence electrons. The van der Waals surface area contributed by atoms with Gasteiger partial charge in [0.05, 0.1) is 0 Å². The maximum absolute atomic E-state index is 12.6. The normalized spacial score (nSPS) is 16.4. The van der Waals surface area contributed by atoms with Gasteiger partial charge in [-0.2, -0.15) is 4.31 Å². The Labute approximate surface area is 167 Å². The van der Waals surface area contributed by atoms with E-state index in [1.54, 1.807) is 18.3 Å². The number of carbonyl (C=O) groups is 1. The fourth-order valence-electron chi connectivity index (χ4n) is 2.92. The predicted molar refractivity (Wildman–Crippen MR) is 108 cm³/mol. The van der Waals surface area contributed by atoms with Crippen molar-refractivity contribution in [1.29, 1.82) is 0 Å². The topological polar surface area (TPSA) is 79.4 Å². The molecule has 0 aliphatic carbocycles. The first-order chi connectivity index (χ1) is 12.4. The summed E-state index contributed by atoms with van der Waals surface area (Å²) in [5, 5.41) is 2.94. The number of benzene rings is 1. The van der Waals surface area contributed by atoms with Crippen LogP contribution >= 0.6 is 22.6 Å². The van der Waals surface area contributed by atoms with Crippen molar-refractivity contribution in [3.8, 4) is 0 Å². The summed E-state index contributed by atoms with van der Waals surface area (Å²) in [7, 11) is -3.54. The zero-order chi connectivity index (χ0) is 18.7. The molecule has 0 radical (unpaired) electrons. The zero-order valence-corrected chi connectivity index (χ0v) is 17.3. The van der Waals surface area contributed by atoms with E-state index >= 15 is 0 Å². The molecule has 1 N–H and O–H groups in total. The summed E-state index contributed by atoms with van der Waals surface area (Å²) < 4.78 is 27.7. The van der Waals surface area contributed by atoms with Crippen LogP contribution in [0.1, 0.15) is 18.4 Å². The Morgan fingerprint density at radius 3 is 2.62 bits per heavy atom. The zero-order valence-electron chi connectivity index (χ0n) is 14.4. The Morgan fingerprint density at radius 1 is 1.27 bits per heavy atom. The third kappa shape index (κ3) is 4.24. The van der Waals surface area contributed by atoms with Gasteiger partial charge in [-0.05, 0) is 72.2 Å². The number of halogens is 1. The van der Waals surface area contributed by atoms with Gasteiger partial charge in [0, 0.05) is 40.7 Å². The summed E-state index contributed by atoms with van der Waals surface area (Å²) in [5.41, 5.74) is 1.94. The first-order valence-electron chi connectivity index (χ1n) is 8.35. The van der Waals surface area contributed by atoms with Crippen LogP contribution in [0.4, 0.5) is 5.69 Å². The van der Waals surface area contributed by atoms with Crippen molar-refractivity contribution in [3.63, 3.8) is 0 Å². The van der Waals surface area contributed by atoms with E-state index in [1.807, 2.05) is 25.1 Å². The number of rotatable bonds is 4. The molecule has 0 unspecified atom stereocenters. The molecule has 26 heavy (non-hydrogen) atoms. The van der Waals surface area contributed by atoms with Gasteiger partial charge in [-0.1, -0.05) is 6.07 Å². The van der Waals surface area contributed by atoms with Crippen molar-refractivity contribution in [3.05, 3.63) is 51.9 Å². The van der Waals surface area contributed by atoms with Crippen molar-refractivity contribution in [1.82, 2.24) is 9.29 Å².